The molecule has 0 aromatic carbocycles. The minimum Gasteiger partial charge on any atom is -0.548 e. The lowest BCUT2D eigenvalue weighted by molar-refractivity contribution is -0.307. The van der Waals surface area contributed by atoms with Crippen molar-refractivity contribution in [2.75, 3.05) is 0 Å². The molecule has 54 valence electrons. The van der Waals surface area contributed by atoms with E-state index in [-0.39, 0.29) is 0 Å². The molecular formula is C6H12NO2-. The summed E-state index contributed by atoms with van der Waals surface area (Å²) in [7, 11) is 0. The normalized spacial score (nSPS) is 18.7. The molecule has 3 heteroatoms. The van der Waals surface area contributed by atoms with Crippen LogP contribution >= 0.6 is 0 Å². The molecule has 2 N–H and O–H groups in total. The van der Waals surface area contributed by atoms with Gasteiger partial charge in [0.15, 0.2) is 0 Å². The second kappa shape index (κ2) is 3.45. The number of carbonyl (C=O) groups is 1. The molecule has 0 heterocycles. The van der Waals surface area contributed by atoms with E-state index in [1.165, 1.54) is 0 Å². The van der Waals surface area contributed by atoms with Crippen LogP contribution in [-0.4, -0.2) is 12.0 Å². The highest BCUT2D eigenvalue weighted by atomic mass is 16.4. The van der Waals surface area contributed by atoms with E-state index in [4.69, 9.17) is 8.48 Å². The SMILES string of the molecule is [2H]C([2H])(C(C)C)C(N)C(=O)[O-]. The van der Waals surface area contributed by atoms with Crippen LogP contribution in [0.15, 0.2) is 0 Å². The summed E-state index contributed by atoms with van der Waals surface area (Å²) in [5.74, 6) is -1.99. The van der Waals surface area contributed by atoms with Gasteiger partial charge in [-0.25, -0.2) is 0 Å². The molecule has 0 aliphatic heterocycles. The molecule has 0 spiro atoms. The Morgan fingerprint density at radius 2 is 2.33 bits per heavy atom. The molecule has 1 unspecified atom stereocenters. The van der Waals surface area contributed by atoms with Crippen molar-refractivity contribution in [2.45, 2.75) is 26.3 Å². The zero-order valence-corrected chi connectivity index (χ0v) is 5.55. The number of carboxylic acid groups (broad SMARTS) is 1. The number of nitrogens with two attached hydrogens (primary N) is 1. The molecule has 0 radical (unpaired) electrons. The molecule has 0 rings (SSSR count). The Kier molecular flexibility index (Phi) is 2.01. The molecule has 0 saturated carbocycles. The number of carboxylic acids is 1. The van der Waals surface area contributed by atoms with E-state index in [0.717, 1.165) is 0 Å². The van der Waals surface area contributed by atoms with Gasteiger partial charge in [-0.3, -0.25) is 0 Å². The number of aliphatic carboxylic acids is 1. The van der Waals surface area contributed by atoms with Crippen molar-refractivity contribution in [1.29, 1.82) is 0 Å². The first-order chi connectivity index (χ1) is 4.80. The molecule has 0 saturated heterocycles. The Bertz CT molecular complexity index is 159. The lowest BCUT2D eigenvalue weighted by atomic mass is 10.1. The van der Waals surface area contributed by atoms with Gasteiger partial charge in [-0.05, 0) is 12.3 Å². The lowest BCUT2D eigenvalue weighted by Crippen LogP contribution is -2.42. The summed E-state index contributed by atoms with van der Waals surface area (Å²) in [5, 5.41) is 10.2. The number of carbonyl (C=O) groups excluding carboxylic acids is 1. The summed E-state index contributed by atoms with van der Waals surface area (Å²) in [6, 6.07) is -1.55. The third kappa shape index (κ3) is 3.97. The Labute approximate surface area is 57.7 Å². The zero-order chi connectivity index (χ0) is 9.23. The highest BCUT2D eigenvalue weighted by Crippen LogP contribution is 2.00. The van der Waals surface area contributed by atoms with E-state index in [1.807, 2.05) is 0 Å². The quantitative estimate of drug-likeness (QED) is 0.541. The van der Waals surface area contributed by atoms with E-state index < -0.39 is 24.3 Å². The summed E-state index contributed by atoms with van der Waals surface area (Å²) in [6.45, 7) is 3.14. The molecule has 0 fully saturated rings. The van der Waals surface area contributed by atoms with Gasteiger partial charge in [0.2, 0.25) is 0 Å². The summed E-state index contributed by atoms with van der Waals surface area (Å²) in [4.78, 5) is 10.2. The highest BCUT2D eigenvalue weighted by molar-refractivity contribution is 5.70. The zero-order valence-electron chi connectivity index (χ0n) is 7.55. The Hall–Kier alpha value is -0.570. The Balaban J connectivity index is 4.41. The van der Waals surface area contributed by atoms with Crippen molar-refractivity contribution < 1.29 is 12.6 Å². The Morgan fingerprint density at radius 1 is 1.89 bits per heavy atom. The predicted molar refractivity (Wildman–Crippen MR) is 32.4 cm³/mol. The van der Waals surface area contributed by atoms with Gasteiger partial charge in [-0.2, -0.15) is 0 Å². The molecule has 0 aromatic rings. The summed E-state index contributed by atoms with van der Waals surface area (Å²) >= 11 is 0. The van der Waals surface area contributed by atoms with Crippen molar-refractivity contribution in [3.8, 4) is 0 Å². The lowest BCUT2D eigenvalue weighted by Gasteiger charge is -2.13. The van der Waals surface area contributed by atoms with Crippen molar-refractivity contribution in [3.05, 3.63) is 0 Å². The topological polar surface area (TPSA) is 66.2 Å². The minimum atomic E-state index is -1.90. The maximum Gasteiger partial charge on any atom is 0.0582 e. The molecule has 0 aromatic heterocycles. The first-order valence-corrected chi connectivity index (χ1v) is 2.76. The molecule has 0 bridgehead atoms. The fraction of sp³-hybridized carbons (Fsp3) is 0.833. The predicted octanol–water partition coefficient (Wildman–Crippen LogP) is -0.890. The van der Waals surface area contributed by atoms with Crippen molar-refractivity contribution >= 4 is 5.97 Å². The smallest absolute Gasteiger partial charge is 0.0582 e. The molecule has 1 atom stereocenters. The second-order valence-electron chi connectivity index (χ2n) is 2.12. The van der Waals surface area contributed by atoms with Crippen LogP contribution < -0.4 is 10.8 Å². The number of hydrogen-bond acceptors (Lipinski definition) is 3. The van der Waals surface area contributed by atoms with Crippen LogP contribution in [0.1, 0.15) is 23.0 Å². The third-order valence-corrected chi connectivity index (χ3v) is 0.767. The maximum absolute atomic E-state index is 10.2. The average molecular weight is 132 g/mol. The van der Waals surface area contributed by atoms with Gasteiger partial charge in [-0.15, -0.1) is 0 Å². The third-order valence-electron chi connectivity index (χ3n) is 0.767. The van der Waals surface area contributed by atoms with Crippen molar-refractivity contribution in [3.63, 3.8) is 0 Å². The summed E-state index contributed by atoms with van der Waals surface area (Å²) in [6.07, 6.45) is -1.90. The fourth-order valence-electron chi connectivity index (χ4n) is 0.427. The van der Waals surface area contributed by atoms with Gasteiger partial charge in [0.05, 0.1) is 5.97 Å². The molecule has 0 aliphatic carbocycles. The molecule has 0 aliphatic rings. The van der Waals surface area contributed by atoms with Gasteiger partial charge in [-0.1, -0.05) is 13.8 Å². The van der Waals surface area contributed by atoms with Crippen molar-refractivity contribution in [1.82, 2.24) is 0 Å². The van der Waals surface area contributed by atoms with Crippen LogP contribution in [0, 0.1) is 5.92 Å². The van der Waals surface area contributed by atoms with Crippen LogP contribution in [0.2, 0.25) is 0 Å². The molecule has 9 heavy (non-hydrogen) atoms. The molecule has 3 nitrogen and oxygen atoms in total. The Morgan fingerprint density at radius 3 is 2.44 bits per heavy atom. The van der Waals surface area contributed by atoms with Crippen LogP contribution in [0.5, 0.6) is 0 Å². The van der Waals surface area contributed by atoms with E-state index in [2.05, 4.69) is 0 Å². The minimum absolute atomic E-state index is 0.435. The van der Waals surface area contributed by atoms with E-state index in [9.17, 15) is 9.90 Å². The van der Waals surface area contributed by atoms with Gasteiger partial charge in [0.25, 0.3) is 0 Å². The standard InChI is InChI=1S/C6H13NO2/c1-4(2)3-5(7)6(8)9/h4-5H,3,7H2,1-2H3,(H,8,9)/p-1/i3D2. The molecular weight excluding hydrogens is 118 g/mol. The number of hydrogen-bond donors (Lipinski definition) is 1. The molecule has 0 amide bonds. The van der Waals surface area contributed by atoms with Crippen LogP contribution in [-0.2, 0) is 4.79 Å². The van der Waals surface area contributed by atoms with E-state index >= 15 is 0 Å². The largest absolute Gasteiger partial charge is 0.548 e. The van der Waals surface area contributed by atoms with Crippen LogP contribution in [0.4, 0.5) is 0 Å². The average Bonchev–Trinajstić information content (AvgIpc) is 1.85. The summed E-state index contributed by atoms with van der Waals surface area (Å²) < 4.78 is 14.5. The van der Waals surface area contributed by atoms with Gasteiger partial charge in [0.1, 0.15) is 0 Å². The fourth-order valence-corrected chi connectivity index (χ4v) is 0.427. The van der Waals surface area contributed by atoms with Crippen molar-refractivity contribution in [2.24, 2.45) is 11.7 Å². The summed E-state index contributed by atoms with van der Waals surface area (Å²) in [5.41, 5.74) is 5.06. The maximum atomic E-state index is 10.2. The van der Waals surface area contributed by atoms with Gasteiger partial charge < -0.3 is 15.6 Å². The first kappa shape index (κ1) is 5.23. The van der Waals surface area contributed by atoms with Crippen LogP contribution in [0.3, 0.4) is 0 Å². The highest BCUT2D eigenvalue weighted by Gasteiger charge is 2.04. The first-order valence-electron chi connectivity index (χ1n) is 3.76. The van der Waals surface area contributed by atoms with E-state index in [1.54, 1.807) is 13.8 Å². The number of rotatable bonds is 3. The van der Waals surface area contributed by atoms with E-state index in [0.29, 0.717) is 0 Å². The van der Waals surface area contributed by atoms with Crippen LogP contribution in [0.25, 0.3) is 0 Å². The second-order valence-corrected chi connectivity index (χ2v) is 2.12. The van der Waals surface area contributed by atoms with Gasteiger partial charge in [0, 0.05) is 8.78 Å². The monoisotopic (exact) mass is 132 g/mol. The van der Waals surface area contributed by atoms with Gasteiger partial charge >= 0.3 is 0 Å².